The van der Waals surface area contributed by atoms with Crippen LogP contribution in [0.25, 0.3) is 6.08 Å². The van der Waals surface area contributed by atoms with Crippen molar-refractivity contribution in [3.05, 3.63) is 30.2 Å². The molecule has 1 heterocycles. The highest BCUT2D eigenvalue weighted by atomic mass is 16.5. The molecule has 0 saturated heterocycles. The molecule has 1 aromatic heterocycles. The monoisotopic (exact) mass is 166 g/mol. The van der Waals surface area contributed by atoms with E-state index in [1.165, 1.54) is 6.92 Å². The summed E-state index contributed by atoms with van der Waals surface area (Å²) in [6.07, 6.45) is 1.59. The number of rotatable bonds is 3. The minimum Gasteiger partial charge on any atom is -0.458 e. The second-order valence-electron chi connectivity index (χ2n) is 2.29. The van der Waals surface area contributed by atoms with E-state index in [1.807, 2.05) is 0 Å². The minimum absolute atomic E-state index is 0.184. The van der Waals surface area contributed by atoms with Gasteiger partial charge in [-0.05, 0) is 18.2 Å². The lowest BCUT2D eigenvalue weighted by Crippen LogP contribution is -1.97. The smallest absolute Gasteiger partial charge is 0.303 e. The van der Waals surface area contributed by atoms with Crippen molar-refractivity contribution in [1.29, 1.82) is 0 Å². The highest BCUT2D eigenvalue weighted by molar-refractivity contribution is 5.65. The number of hydrogen-bond donors (Lipinski definition) is 0. The van der Waals surface area contributed by atoms with Crippen LogP contribution in [0.2, 0.25) is 0 Å². The second kappa shape index (κ2) is 3.76. The van der Waals surface area contributed by atoms with Gasteiger partial charge in [-0.2, -0.15) is 0 Å². The third kappa shape index (κ3) is 2.27. The molecular weight excluding hydrogens is 156 g/mol. The Bertz CT molecular complexity index is 286. The zero-order chi connectivity index (χ0) is 8.97. The van der Waals surface area contributed by atoms with Crippen molar-refractivity contribution in [2.75, 3.05) is 0 Å². The van der Waals surface area contributed by atoms with E-state index in [4.69, 9.17) is 9.15 Å². The molecule has 0 bridgehead atoms. The number of ether oxygens (including phenoxy) is 1. The van der Waals surface area contributed by atoms with E-state index in [1.54, 1.807) is 18.2 Å². The van der Waals surface area contributed by atoms with Crippen LogP contribution in [0.4, 0.5) is 0 Å². The van der Waals surface area contributed by atoms with E-state index in [2.05, 4.69) is 6.58 Å². The summed E-state index contributed by atoms with van der Waals surface area (Å²) in [4.78, 5) is 10.4. The molecule has 0 aliphatic rings. The van der Waals surface area contributed by atoms with Gasteiger partial charge in [-0.15, -0.1) is 0 Å². The van der Waals surface area contributed by atoms with Crippen LogP contribution in [0.1, 0.15) is 18.4 Å². The molecule has 1 aromatic rings. The van der Waals surface area contributed by atoms with E-state index in [9.17, 15) is 4.79 Å². The molecule has 0 atom stereocenters. The van der Waals surface area contributed by atoms with Gasteiger partial charge in [0.05, 0.1) is 0 Å². The molecular formula is C9H10O3. The van der Waals surface area contributed by atoms with Gasteiger partial charge in [0.1, 0.15) is 18.1 Å². The lowest BCUT2D eigenvalue weighted by Gasteiger charge is -1.96. The van der Waals surface area contributed by atoms with Crippen molar-refractivity contribution < 1.29 is 13.9 Å². The Balaban J connectivity index is 2.52. The standard InChI is InChI=1S/C9H10O3/c1-3-8-4-5-9(12-8)6-11-7(2)10/h3-5H,1,6H2,2H3. The Morgan fingerprint density at radius 2 is 2.50 bits per heavy atom. The highest BCUT2D eigenvalue weighted by Crippen LogP contribution is 2.09. The SMILES string of the molecule is C=Cc1ccc(COC(C)=O)o1. The van der Waals surface area contributed by atoms with E-state index < -0.39 is 0 Å². The number of carbonyl (C=O) groups excluding carboxylic acids is 1. The fourth-order valence-corrected chi connectivity index (χ4v) is 0.755. The fraction of sp³-hybridized carbons (Fsp3) is 0.222. The lowest BCUT2D eigenvalue weighted by molar-refractivity contribution is -0.142. The normalized spacial score (nSPS) is 9.42. The van der Waals surface area contributed by atoms with Crippen LogP contribution in [-0.2, 0) is 16.1 Å². The minimum atomic E-state index is -0.313. The third-order valence-electron chi connectivity index (χ3n) is 1.30. The van der Waals surface area contributed by atoms with Crippen molar-refractivity contribution in [3.63, 3.8) is 0 Å². The summed E-state index contributed by atoms with van der Waals surface area (Å²) in [5, 5.41) is 0. The van der Waals surface area contributed by atoms with Crippen LogP contribution < -0.4 is 0 Å². The molecule has 3 nitrogen and oxygen atoms in total. The Kier molecular flexibility index (Phi) is 2.69. The van der Waals surface area contributed by atoms with Crippen LogP contribution in [0.15, 0.2) is 23.1 Å². The number of furan rings is 1. The molecule has 0 radical (unpaired) electrons. The largest absolute Gasteiger partial charge is 0.458 e. The summed E-state index contributed by atoms with van der Waals surface area (Å²) in [7, 11) is 0. The van der Waals surface area contributed by atoms with Gasteiger partial charge in [0.25, 0.3) is 0 Å². The Morgan fingerprint density at radius 3 is 3.00 bits per heavy atom. The van der Waals surface area contributed by atoms with Crippen LogP contribution in [-0.4, -0.2) is 5.97 Å². The van der Waals surface area contributed by atoms with E-state index in [0.717, 1.165) is 0 Å². The summed E-state index contributed by atoms with van der Waals surface area (Å²) >= 11 is 0. The number of esters is 1. The van der Waals surface area contributed by atoms with Gasteiger partial charge in [-0.1, -0.05) is 6.58 Å². The van der Waals surface area contributed by atoms with Crippen molar-refractivity contribution in [1.82, 2.24) is 0 Å². The molecule has 0 amide bonds. The molecule has 0 fully saturated rings. The fourth-order valence-electron chi connectivity index (χ4n) is 0.755. The van der Waals surface area contributed by atoms with Crippen molar-refractivity contribution in [2.45, 2.75) is 13.5 Å². The second-order valence-corrected chi connectivity index (χ2v) is 2.29. The van der Waals surface area contributed by atoms with Gasteiger partial charge >= 0.3 is 5.97 Å². The van der Waals surface area contributed by atoms with Gasteiger partial charge in [0.15, 0.2) is 0 Å². The molecule has 64 valence electrons. The first-order valence-electron chi connectivity index (χ1n) is 3.57. The maximum Gasteiger partial charge on any atom is 0.303 e. The van der Waals surface area contributed by atoms with Gasteiger partial charge in [0, 0.05) is 6.92 Å². The number of carbonyl (C=O) groups is 1. The van der Waals surface area contributed by atoms with E-state index in [-0.39, 0.29) is 12.6 Å². The summed E-state index contributed by atoms with van der Waals surface area (Å²) in [5.74, 6) is 0.990. The van der Waals surface area contributed by atoms with Gasteiger partial charge in [-0.25, -0.2) is 0 Å². The van der Waals surface area contributed by atoms with Gasteiger partial charge in [0.2, 0.25) is 0 Å². The molecule has 12 heavy (non-hydrogen) atoms. The average Bonchev–Trinajstić information content (AvgIpc) is 2.48. The first-order valence-corrected chi connectivity index (χ1v) is 3.57. The van der Waals surface area contributed by atoms with Crippen LogP contribution in [0, 0.1) is 0 Å². The molecule has 0 aromatic carbocycles. The lowest BCUT2D eigenvalue weighted by atomic mass is 10.4. The zero-order valence-electron chi connectivity index (χ0n) is 6.87. The van der Waals surface area contributed by atoms with E-state index >= 15 is 0 Å². The average molecular weight is 166 g/mol. The van der Waals surface area contributed by atoms with Crippen LogP contribution >= 0.6 is 0 Å². The summed E-state index contributed by atoms with van der Waals surface area (Å²) in [5.41, 5.74) is 0. The van der Waals surface area contributed by atoms with Gasteiger partial charge in [-0.3, -0.25) is 4.79 Å². The molecule has 0 N–H and O–H groups in total. The molecule has 3 heteroatoms. The Labute approximate surface area is 70.6 Å². The first-order chi connectivity index (χ1) is 5.72. The topological polar surface area (TPSA) is 39.4 Å². The number of hydrogen-bond acceptors (Lipinski definition) is 3. The molecule has 0 saturated carbocycles. The molecule has 0 aliphatic carbocycles. The van der Waals surface area contributed by atoms with E-state index in [0.29, 0.717) is 11.5 Å². The molecule has 0 spiro atoms. The summed E-state index contributed by atoms with van der Waals surface area (Å²) < 4.78 is 9.91. The Morgan fingerprint density at radius 1 is 1.75 bits per heavy atom. The highest BCUT2D eigenvalue weighted by Gasteiger charge is 2.00. The van der Waals surface area contributed by atoms with Crippen LogP contribution in [0.5, 0.6) is 0 Å². The zero-order valence-corrected chi connectivity index (χ0v) is 6.87. The van der Waals surface area contributed by atoms with Crippen LogP contribution in [0.3, 0.4) is 0 Å². The van der Waals surface area contributed by atoms with Crippen molar-refractivity contribution in [2.24, 2.45) is 0 Å². The predicted molar refractivity (Wildman–Crippen MR) is 44.3 cm³/mol. The molecule has 1 rings (SSSR count). The van der Waals surface area contributed by atoms with Crippen molar-refractivity contribution in [3.8, 4) is 0 Å². The first kappa shape index (κ1) is 8.59. The predicted octanol–water partition coefficient (Wildman–Crippen LogP) is 1.99. The maximum absolute atomic E-state index is 10.4. The molecule has 0 aliphatic heterocycles. The third-order valence-corrected chi connectivity index (χ3v) is 1.30. The quantitative estimate of drug-likeness (QED) is 0.644. The maximum atomic E-state index is 10.4. The Hall–Kier alpha value is -1.51. The summed E-state index contributed by atoms with van der Waals surface area (Å²) in [6.45, 7) is 5.08. The van der Waals surface area contributed by atoms with Gasteiger partial charge < -0.3 is 9.15 Å². The summed E-state index contributed by atoms with van der Waals surface area (Å²) in [6, 6.07) is 3.52. The molecule has 0 unspecified atom stereocenters. The van der Waals surface area contributed by atoms with Crippen molar-refractivity contribution >= 4 is 12.0 Å².